The molecule has 0 radical (unpaired) electrons. The van der Waals surface area contributed by atoms with Gasteiger partial charge in [0.2, 0.25) is 0 Å². The van der Waals surface area contributed by atoms with Crippen molar-refractivity contribution in [3.05, 3.63) is 40.9 Å². The first-order valence-corrected chi connectivity index (χ1v) is 8.62. The van der Waals surface area contributed by atoms with Gasteiger partial charge in [-0.2, -0.15) is 0 Å². The van der Waals surface area contributed by atoms with Gasteiger partial charge in [-0.1, -0.05) is 12.1 Å². The Labute approximate surface area is 159 Å². The van der Waals surface area contributed by atoms with Crippen molar-refractivity contribution in [1.29, 1.82) is 0 Å². The Bertz CT molecular complexity index is 657. The van der Waals surface area contributed by atoms with E-state index in [1.165, 1.54) is 6.42 Å². The second-order valence-corrected chi connectivity index (χ2v) is 6.64. The summed E-state index contributed by atoms with van der Waals surface area (Å²) in [5.74, 6) is 0.700. The summed E-state index contributed by atoms with van der Waals surface area (Å²) < 4.78 is 0. The van der Waals surface area contributed by atoms with E-state index in [0.717, 1.165) is 42.3 Å². The molecule has 7 heteroatoms. The lowest BCUT2D eigenvalue weighted by Crippen LogP contribution is -2.26. The summed E-state index contributed by atoms with van der Waals surface area (Å²) in [4.78, 5) is 16.7. The predicted octanol–water partition coefficient (Wildman–Crippen LogP) is 3.69. The lowest BCUT2D eigenvalue weighted by Gasteiger charge is -2.09. The predicted molar refractivity (Wildman–Crippen MR) is 105 cm³/mol. The number of halogens is 2. The quantitative estimate of drug-likeness (QED) is 0.822. The molecule has 0 bridgehead atoms. The number of benzene rings is 1. The molecule has 4 nitrogen and oxygen atoms in total. The van der Waals surface area contributed by atoms with Crippen LogP contribution >= 0.6 is 36.2 Å². The topological polar surface area (TPSA) is 54.0 Å². The van der Waals surface area contributed by atoms with Gasteiger partial charge in [-0.15, -0.1) is 36.2 Å². The van der Waals surface area contributed by atoms with Crippen molar-refractivity contribution in [1.82, 2.24) is 15.6 Å². The fraction of sp³-hybridized carbons (Fsp3) is 0.412. The number of aromatic nitrogens is 1. The smallest absolute Gasteiger partial charge is 0.251 e. The normalized spacial score (nSPS) is 16.1. The number of nitrogens with one attached hydrogen (secondary N) is 2. The van der Waals surface area contributed by atoms with Gasteiger partial charge in [0.15, 0.2) is 0 Å². The van der Waals surface area contributed by atoms with E-state index < -0.39 is 0 Å². The maximum Gasteiger partial charge on any atom is 0.251 e. The Morgan fingerprint density at radius 3 is 2.92 bits per heavy atom. The Hall–Kier alpha value is -1.14. The number of nitrogens with zero attached hydrogens (tertiary/aromatic N) is 1. The second kappa shape index (κ2) is 9.99. The molecule has 1 atom stereocenters. The van der Waals surface area contributed by atoms with Gasteiger partial charge in [0.1, 0.15) is 5.01 Å². The van der Waals surface area contributed by atoms with Crippen molar-refractivity contribution in [2.45, 2.75) is 19.8 Å². The number of hydrogen-bond acceptors (Lipinski definition) is 4. The zero-order valence-corrected chi connectivity index (χ0v) is 16.0. The van der Waals surface area contributed by atoms with Crippen molar-refractivity contribution in [3.8, 4) is 10.6 Å². The van der Waals surface area contributed by atoms with Crippen LogP contribution in [-0.4, -0.2) is 30.5 Å². The van der Waals surface area contributed by atoms with Crippen LogP contribution in [0.4, 0.5) is 0 Å². The molecule has 2 heterocycles. The summed E-state index contributed by atoms with van der Waals surface area (Å²) in [5, 5.41) is 9.36. The highest BCUT2D eigenvalue weighted by molar-refractivity contribution is 7.13. The van der Waals surface area contributed by atoms with Gasteiger partial charge in [0.25, 0.3) is 5.91 Å². The van der Waals surface area contributed by atoms with Crippen LogP contribution in [0.2, 0.25) is 0 Å². The first-order chi connectivity index (χ1) is 10.7. The Kier molecular flexibility index (Phi) is 8.70. The first kappa shape index (κ1) is 20.9. The number of amides is 1. The lowest BCUT2D eigenvalue weighted by atomic mass is 10.1. The van der Waals surface area contributed by atoms with E-state index in [1.54, 1.807) is 11.3 Å². The summed E-state index contributed by atoms with van der Waals surface area (Å²) >= 11 is 1.61. The highest BCUT2D eigenvalue weighted by Gasteiger charge is 2.14. The summed E-state index contributed by atoms with van der Waals surface area (Å²) in [7, 11) is 0. The second-order valence-electron chi connectivity index (χ2n) is 5.78. The van der Waals surface area contributed by atoms with E-state index in [4.69, 9.17) is 0 Å². The van der Waals surface area contributed by atoms with Crippen LogP contribution in [0.15, 0.2) is 29.6 Å². The van der Waals surface area contributed by atoms with Crippen LogP contribution in [-0.2, 0) is 0 Å². The van der Waals surface area contributed by atoms with Crippen LogP contribution < -0.4 is 10.6 Å². The first-order valence-electron chi connectivity index (χ1n) is 7.74. The standard InChI is InChI=1S/C17H21N3OS.2ClH/c1-12-11-22-17(20-12)15-4-2-3-14(9-15)16(21)19-8-6-13-5-7-18-10-13;;/h2-4,9,11,13,18H,5-8,10H2,1H3,(H,19,21);2*1H. The van der Waals surface area contributed by atoms with Crippen LogP contribution in [0, 0.1) is 12.8 Å². The molecule has 1 aliphatic rings. The maximum absolute atomic E-state index is 12.3. The van der Waals surface area contributed by atoms with Gasteiger partial charge < -0.3 is 10.6 Å². The number of carbonyl (C=O) groups excluding carboxylic acids is 1. The SMILES string of the molecule is Cc1csc(-c2cccc(C(=O)NCCC3CCNC3)c2)n1.Cl.Cl. The largest absolute Gasteiger partial charge is 0.352 e. The average molecular weight is 388 g/mol. The zero-order valence-electron chi connectivity index (χ0n) is 13.6. The molecule has 1 saturated heterocycles. The molecule has 0 spiro atoms. The minimum atomic E-state index is 0. The fourth-order valence-electron chi connectivity index (χ4n) is 2.73. The molecular formula is C17H23Cl2N3OS. The number of rotatable bonds is 5. The van der Waals surface area contributed by atoms with Crippen molar-refractivity contribution >= 4 is 42.1 Å². The van der Waals surface area contributed by atoms with Gasteiger partial charge in [-0.3, -0.25) is 4.79 Å². The Morgan fingerprint density at radius 2 is 2.25 bits per heavy atom. The highest BCUT2D eigenvalue weighted by atomic mass is 35.5. The molecule has 0 saturated carbocycles. The minimum absolute atomic E-state index is 0. The summed E-state index contributed by atoms with van der Waals surface area (Å²) in [6.07, 6.45) is 2.26. The van der Waals surface area contributed by atoms with Crippen LogP contribution in [0.5, 0.6) is 0 Å². The van der Waals surface area contributed by atoms with Crippen molar-refractivity contribution < 1.29 is 4.79 Å². The van der Waals surface area contributed by atoms with Gasteiger partial charge >= 0.3 is 0 Å². The van der Waals surface area contributed by atoms with E-state index in [0.29, 0.717) is 11.5 Å². The Balaban J connectivity index is 0.00000144. The number of carbonyl (C=O) groups is 1. The average Bonchev–Trinajstić information content (AvgIpc) is 3.19. The molecule has 1 fully saturated rings. The third kappa shape index (κ3) is 5.45. The molecular weight excluding hydrogens is 365 g/mol. The van der Waals surface area contributed by atoms with Crippen molar-refractivity contribution in [3.63, 3.8) is 0 Å². The van der Waals surface area contributed by atoms with Gasteiger partial charge in [0, 0.05) is 28.7 Å². The fourth-order valence-corrected chi connectivity index (χ4v) is 3.53. The molecule has 0 aliphatic carbocycles. The summed E-state index contributed by atoms with van der Waals surface area (Å²) in [5.41, 5.74) is 2.72. The molecule has 1 aliphatic heterocycles. The molecule has 24 heavy (non-hydrogen) atoms. The van der Waals surface area contributed by atoms with E-state index in [1.807, 2.05) is 36.6 Å². The molecule has 2 aromatic rings. The maximum atomic E-state index is 12.3. The molecule has 3 rings (SSSR count). The number of thiazole rings is 1. The van der Waals surface area contributed by atoms with Crippen LogP contribution in [0.1, 0.15) is 28.9 Å². The third-order valence-electron chi connectivity index (χ3n) is 3.99. The van der Waals surface area contributed by atoms with E-state index in [-0.39, 0.29) is 30.7 Å². The number of hydrogen-bond donors (Lipinski definition) is 2. The van der Waals surface area contributed by atoms with Crippen LogP contribution in [0.3, 0.4) is 0 Å². The third-order valence-corrected chi connectivity index (χ3v) is 5.00. The molecule has 2 N–H and O–H groups in total. The van der Waals surface area contributed by atoms with Gasteiger partial charge in [0.05, 0.1) is 0 Å². The van der Waals surface area contributed by atoms with Crippen molar-refractivity contribution in [2.24, 2.45) is 5.92 Å². The zero-order chi connectivity index (χ0) is 15.4. The monoisotopic (exact) mass is 387 g/mol. The van der Waals surface area contributed by atoms with Gasteiger partial charge in [-0.25, -0.2) is 4.98 Å². The van der Waals surface area contributed by atoms with E-state index >= 15 is 0 Å². The van der Waals surface area contributed by atoms with E-state index in [2.05, 4.69) is 15.6 Å². The minimum Gasteiger partial charge on any atom is -0.352 e. The molecule has 132 valence electrons. The molecule has 1 amide bonds. The van der Waals surface area contributed by atoms with E-state index in [9.17, 15) is 4.79 Å². The molecule has 1 unspecified atom stereocenters. The number of aryl methyl sites for hydroxylation is 1. The summed E-state index contributed by atoms with van der Waals surface area (Å²) in [6.45, 7) is 4.91. The Morgan fingerprint density at radius 1 is 1.42 bits per heavy atom. The highest BCUT2D eigenvalue weighted by Crippen LogP contribution is 2.24. The molecule has 1 aromatic carbocycles. The summed E-state index contributed by atoms with van der Waals surface area (Å²) in [6, 6.07) is 7.70. The molecule has 1 aromatic heterocycles. The van der Waals surface area contributed by atoms with Gasteiger partial charge in [-0.05, 0) is 50.9 Å². The lowest BCUT2D eigenvalue weighted by molar-refractivity contribution is 0.0951. The van der Waals surface area contributed by atoms with Crippen molar-refractivity contribution in [2.75, 3.05) is 19.6 Å². The van der Waals surface area contributed by atoms with Crippen LogP contribution in [0.25, 0.3) is 10.6 Å².